The third-order valence-corrected chi connectivity index (χ3v) is 11.0. The highest BCUT2D eigenvalue weighted by Gasteiger charge is 2.40. The average molecular weight is 630 g/mol. The summed E-state index contributed by atoms with van der Waals surface area (Å²) in [5.41, 5.74) is -0.314. The quantitative estimate of drug-likeness (QED) is 0.293. The van der Waals surface area contributed by atoms with E-state index in [0.717, 1.165) is 5.92 Å². The third-order valence-electron chi connectivity index (χ3n) is 9.67. The van der Waals surface area contributed by atoms with Gasteiger partial charge in [-0.3, -0.25) is 24.1 Å². The predicted octanol–water partition coefficient (Wildman–Crippen LogP) is 3.38. The van der Waals surface area contributed by atoms with Crippen LogP contribution in [0.1, 0.15) is 37.7 Å². The molecule has 3 aliphatic rings. The fourth-order valence-corrected chi connectivity index (χ4v) is 8.56. The minimum atomic E-state index is -4.12. The van der Waals surface area contributed by atoms with E-state index in [0.29, 0.717) is 66.6 Å². The van der Waals surface area contributed by atoms with Crippen molar-refractivity contribution in [3.63, 3.8) is 0 Å². The average Bonchev–Trinajstić information content (AvgIpc) is 3.66. The molecule has 0 radical (unpaired) electrons. The molecule has 2 aromatic heterocycles. The topological polar surface area (TPSA) is 135 Å². The SMILES string of the molecule is O=C(CC1CC2CCC1C2)N1CCN(c2cc(=O)[nH]c(=O)n2Cc2ccc(OS(=O)(=O)c3cccc4cnccc34)cc2)CC1. The maximum atomic E-state index is 13.1. The van der Waals surface area contributed by atoms with Gasteiger partial charge in [0.1, 0.15) is 16.5 Å². The molecule has 11 nitrogen and oxygen atoms in total. The van der Waals surface area contributed by atoms with Gasteiger partial charge in [0.05, 0.1) is 6.54 Å². The second-order valence-corrected chi connectivity index (χ2v) is 13.9. The number of carbonyl (C=O) groups excluding carboxylic acids is 1. The van der Waals surface area contributed by atoms with Gasteiger partial charge in [-0.25, -0.2) is 4.79 Å². The van der Waals surface area contributed by atoms with Gasteiger partial charge >= 0.3 is 15.8 Å². The molecule has 4 aromatic rings. The first-order valence-electron chi connectivity index (χ1n) is 15.5. The van der Waals surface area contributed by atoms with Gasteiger partial charge in [-0.2, -0.15) is 8.42 Å². The highest BCUT2D eigenvalue weighted by molar-refractivity contribution is 7.87. The lowest BCUT2D eigenvalue weighted by molar-refractivity contribution is -0.132. The first-order valence-corrected chi connectivity index (χ1v) is 16.9. The molecule has 2 saturated carbocycles. The lowest BCUT2D eigenvalue weighted by Crippen LogP contribution is -2.51. The van der Waals surface area contributed by atoms with Crippen LogP contribution in [-0.4, -0.2) is 59.9 Å². The molecule has 3 heterocycles. The summed E-state index contributed by atoms with van der Waals surface area (Å²) in [7, 11) is -4.12. The van der Waals surface area contributed by atoms with Crippen LogP contribution in [0.4, 0.5) is 5.82 Å². The molecule has 12 heteroatoms. The Morgan fingerprint density at radius 2 is 1.78 bits per heavy atom. The molecule has 2 bridgehead atoms. The fraction of sp³-hybridized carbons (Fsp3) is 0.394. The second-order valence-electron chi connectivity index (χ2n) is 12.4. The Labute approximate surface area is 260 Å². The van der Waals surface area contributed by atoms with Crippen molar-refractivity contribution in [2.24, 2.45) is 17.8 Å². The molecule has 0 spiro atoms. The van der Waals surface area contributed by atoms with Crippen molar-refractivity contribution in [1.29, 1.82) is 0 Å². The standard InChI is InChI=1S/C33H35N5O6S/c39-30-19-31(36-12-14-37(15-13-36)32(40)18-26-17-23-4-7-24(26)16-23)38(33(41)35-30)21-22-5-8-27(9-6-22)44-45(42,43)29-3-1-2-25-20-34-11-10-28(25)29/h1-3,5-6,8-11,19-20,23-24,26H,4,7,12-18,21H2,(H,35,39,41). The summed E-state index contributed by atoms with van der Waals surface area (Å²) in [5.74, 6) is 2.85. The number of carbonyl (C=O) groups is 1. The molecule has 45 heavy (non-hydrogen) atoms. The number of pyridine rings is 1. The number of hydrogen-bond donors (Lipinski definition) is 1. The second kappa shape index (κ2) is 11.8. The highest BCUT2D eigenvalue weighted by Crippen LogP contribution is 2.49. The summed E-state index contributed by atoms with van der Waals surface area (Å²) >= 11 is 0. The number of nitrogens with one attached hydrogen (secondary N) is 1. The molecular weight excluding hydrogens is 594 g/mol. The zero-order chi connectivity index (χ0) is 31.1. The largest absolute Gasteiger partial charge is 0.379 e. The first kappa shape index (κ1) is 29.3. The number of H-pyrrole nitrogens is 1. The van der Waals surface area contributed by atoms with Crippen LogP contribution in [0.15, 0.2) is 81.5 Å². The lowest BCUT2D eigenvalue weighted by Gasteiger charge is -2.37. The van der Waals surface area contributed by atoms with Gasteiger partial charge in [0.15, 0.2) is 0 Å². The highest BCUT2D eigenvalue weighted by atomic mass is 32.2. The van der Waals surface area contributed by atoms with Crippen molar-refractivity contribution < 1.29 is 17.4 Å². The minimum Gasteiger partial charge on any atom is -0.379 e. The summed E-state index contributed by atoms with van der Waals surface area (Å²) in [4.78, 5) is 48.7. The van der Waals surface area contributed by atoms with E-state index in [2.05, 4.69) is 9.97 Å². The van der Waals surface area contributed by atoms with Crippen LogP contribution in [0.3, 0.4) is 0 Å². The Bertz CT molecular complexity index is 1960. The third kappa shape index (κ3) is 5.98. The lowest BCUT2D eigenvalue weighted by atomic mass is 9.86. The molecule has 3 unspecified atom stereocenters. The van der Waals surface area contributed by atoms with E-state index in [4.69, 9.17) is 4.18 Å². The zero-order valence-electron chi connectivity index (χ0n) is 24.8. The van der Waals surface area contributed by atoms with Crippen LogP contribution < -0.4 is 20.3 Å². The Morgan fingerprint density at radius 3 is 2.51 bits per heavy atom. The Morgan fingerprint density at radius 1 is 0.978 bits per heavy atom. The summed E-state index contributed by atoms with van der Waals surface area (Å²) in [5, 5.41) is 1.20. The summed E-state index contributed by atoms with van der Waals surface area (Å²) in [6, 6.07) is 14.4. The van der Waals surface area contributed by atoms with Gasteiger partial charge in [-0.1, -0.05) is 30.7 Å². The molecule has 234 valence electrons. The molecular formula is C33H35N5O6S. The first-order chi connectivity index (χ1) is 21.7. The van der Waals surface area contributed by atoms with Crippen molar-refractivity contribution in [2.75, 3.05) is 31.1 Å². The van der Waals surface area contributed by atoms with Gasteiger partial charge in [0.25, 0.3) is 5.56 Å². The number of fused-ring (bicyclic) bond motifs is 3. The molecule has 3 fully saturated rings. The van der Waals surface area contributed by atoms with Crippen molar-refractivity contribution in [3.8, 4) is 5.75 Å². The Balaban J connectivity index is 1.03. The van der Waals surface area contributed by atoms with Crippen molar-refractivity contribution >= 4 is 32.6 Å². The van der Waals surface area contributed by atoms with E-state index in [1.807, 2.05) is 9.80 Å². The summed E-state index contributed by atoms with van der Waals surface area (Å²) in [6.45, 7) is 2.25. The van der Waals surface area contributed by atoms with E-state index < -0.39 is 21.4 Å². The van der Waals surface area contributed by atoms with Crippen molar-refractivity contribution in [2.45, 2.75) is 43.5 Å². The number of benzene rings is 2. The maximum Gasteiger partial charge on any atom is 0.339 e. The molecule has 1 saturated heterocycles. The number of nitrogens with zero attached hydrogens (tertiary/aromatic N) is 4. The predicted molar refractivity (Wildman–Crippen MR) is 169 cm³/mol. The van der Waals surface area contributed by atoms with Gasteiger partial charge in [0, 0.05) is 61.8 Å². The zero-order valence-corrected chi connectivity index (χ0v) is 25.6. The summed E-state index contributed by atoms with van der Waals surface area (Å²) < 4.78 is 33.2. The number of anilines is 1. The number of hydrogen-bond acceptors (Lipinski definition) is 8. The maximum absolute atomic E-state index is 13.1. The summed E-state index contributed by atoms with van der Waals surface area (Å²) in [6.07, 6.45) is 8.78. The molecule has 2 aliphatic carbocycles. The fourth-order valence-electron chi connectivity index (χ4n) is 7.40. The van der Waals surface area contributed by atoms with Crippen LogP contribution in [0.2, 0.25) is 0 Å². The minimum absolute atomic E-state index is 0.0447. The van der Waals surface area contributed by atoms with E-state index >= 15 is 0 Å². The normalized spacial score (nSPS) is 21.4. The van der Waals surface area contributed by atoms with Crippen LogP contribution in [0.5, 0.6) is 5.75 Å². The smallest absolute Gasteiger partial charge is 0.339 e. The molecule has 1 aliphatic heterocycles. The van der Waals surface area contributed by atoms with Gasteiger partial charge in [0.2, 0.25) is 5.91 Å². The van der Waals surface area contributed by atoms with Gasteiger partial charge in [-0.05, 0) is 66.8 Å². The van der Waals surface area contributed by atoms with E-state index in [9.17, 15) is 22.8 Å². The Hall–Kier alpha value is -4.45. The number of piperazine rings is 1. The van der Waals surface area contributed by atoms with E-state index in [-0.39, 0.29) is 23.1 Å². The van der Waals surface area contributed by atoms with Crippen LogP contribution in [0, 0.1) is 17.8 Å². The van der Waals surface area contributed by atoms with E-state index in [1.54, 1.807) is 36.5 Å². The van der Waals surface area contributed by atoms with E-state index in [1.165, 1.54) is 60.7 Å². The molecule has 7 rings (SSSR count). The van der Waals surface area contributed by atoms with Crippen molar-refractivity contribution in [3.05, 3.63) is 93.4 Å². The Kier molecular flexibility index (Phi) is 7.68. The molecule has 2 aromatic carbocycles. The number of aromatic nitrogens is 3. The number of rotatable bonds is 8. The van der Waals surface area contributed by atoms with Crippen LogP contribution in [0.25, 0.3) is 10.8 Å². The molecule has 1 amide bonds. The van der Waals surface area contributed by atoms with Gasteiger partial charge in [-0.15, -0.1) is 0 Å². The van der Waals surface area contributed by atoms with Crippen LogP contribution in [-0.2, 0) is 21.5 Å². The number of amides is 1. The molecule has 1 N–H and O–H groups in total. The molecule has 3 atom stereocenters. The van der Waals surface area contributed by atoms with Gasteiger partial charge < -0.3 is 14.0 Å². The monoisotopic (exact) mass is 629 g/mol. The number of aromatic amines is 1. The van der Waals surface area contributed by atoms with Crippen molar-refractivity contribution in [1.82, 2.24) is 19.4 Å². The van der Waals surface area contributed by atoms with Crippen LogP contribution >= 0.6 is 0 Å².